The lowest BCUT2D eigenvalue weighted by Gasteiger charge is -2.10. The van der Waals surface area contributed by atoms with Crippen LogP contribution in [-0.2, 0) is 20.8 Å². The summed E-state index contributed by atoms with van der Waals surface area (Å²) in [5.41, 5.74) is 3.18. The monoisotopic (exact) mass is 331 g/mol. The Balaban J connectivity index is 1.80. The van der Waals surface area contributed by atoms with Crippen molar-refractivity contribution in [2.24, 2.45) is 0 Å². The van der Waals surface area contributed by atoms with Crippen LogP contribution >= 0.6 is 0 Å². The Kier molecular flexibility index (Phi) is 8.10. The van der Waals surface area contributed by atoms with E-state index in [1.54, 1.807) is 14.2 Å². The Morgan fingerprint density at radius 2 is 1.29 bits per heavy atom. The molecule has 0 aromatic heterocycles. The zero-order chi connectivity index (χ0) is 17.0. The standard InChI is InChI=1S/C19H25NO4/c1-21-11-13-23-15-16-3-5-17(6-4-16)20-18-7-9-19(10-8-18)24-14-12-22-2/h3-10,20H,11-15H2,1-2H3. The fourth-order valence-electron chi connectivity index (χ4n) is 2.06. The summed E-state index contributed by atoms with van der Waals surface area (Å²) in [6.45, 7) is 2.95. The molecule has 2 aromatic carbocycles. The molecule has 2 rings (SSSR count). The van der Waals surface area contributed by atoms with Crippen molar-refractivity contribution in [3.63, 3.8) is 0 Å². The second-order valence-electron chi connectivity index (χ2n) is 5.23. The Labute approximate surface area is 143 Å². The largest absolute Gasteiger partial charge is 0.491 e. The summed E-state index contributed by atoms with van der Waals surface area (Å²) in [4.78, 5) is 0. The van der Waals surface area contributed by atoms with E-state index < -0.39 is 0 Å². The first-order valence-electron chi connectivity index (χ1n) is 7.96. The lowest BCUT2D eigenvalue weighted by Crippen LogP contribution is -2.04. The van der Waals surface area contributed by atoms with E-state index in [9.17, 15) is 0 Å². The van der Waals surface area contributed by atoms with E-state index in [0.29, 0.717) is 33.0 Å². The molecule has 0 heterocycles. The highest BCUT2D eigenvalue weighted by atomic mass is 16.5. The summed E-state index contributed by atoms with van der Waals surface area (Å²) in [7, 11) is 3.33. The Morgan fingerprint density at radius 3 is 1.92 bits per heavy atom. The quantitative estimate of drug-likeness (QED) is 0.637. The van der Waals surface area contributed by atoms with Crippen LogP contribution in [0.2, 0.25) is 0 Å². The number of nitrogens with one attached hydrogen (secondary N) is 1. The number of benzene rings is 2. The first-order valence-corrected chi connectivity index (χ1v) is 7.96. The van der Waals surface area contributed by atoms with Crippen molar-refractivity contribution in [1.82, 2.24) is 0 Å². The molecule has 0 saturated carbocycles. The van der Waals surface area contributed by atoms with Crippen LogP contribution < -0.4 is 10.1 Å². The highest BCUT2D eigenvalue weighted by molar-refractivity contribution is 5.60. The maximum atomic E-state index is 5.55. The van der Waals surface area contributed by atoms with Crippen LogP contribution in [0.3, 0.4) is 0 Å². The van der Waals surface area contributed by atoms with E-state index in [1.807, 2.05) is 36.4 Å². The predicted molar refractivity (Wildman–Crippen MR) is 95.1 cm³/mol. The van der Waals surface area contributed by atoms with Crippen LogP contribution in [0.5, 0.6) is 5.75 Å². The molecule has 24 heavy (non-hydrogen) atoms. The van der Waals surface area contributed by atoms with Gasteiger partial charge in [-0.05, 0) is 42.0 Å². The zero-order valence-corrected chi connectivity index (χ0v) is 14.3. The third kappa shape index (κ3) is 6.58. The van der Waals surface area contributed by atoms with Gasteiger partial charge in [-0.1, -0.05) is 12.1 Å². The molecule has 0 fully saturated rings. The van der Waals surface area contributed by atoms with Crippen molar-refractivity contribution in [2.75, 3.05) is 46.0 Å². The smallest absolute Gasteiger partial charge is 0.119 e. The van der Waals surface area contributed by atoms with Gasteiger partial charge < -0.3 is 24.3 Å². The first kappa shape index (κ1) is 18.3. The second kappa shape index (κ2) is 10.6. The molecule has 0 aliphatic rings. The van der Waals surface area contributed by atoms with Gasteiger partial charge in [0.05, 0.1) is 26.4 Å². The van der Waals surface area contributed by atoms with Gasteiger partial charge in [-0.2, -0.15) is 0 Å². The van der Waals surface area contributed by atoms with Gasteiger partial charge >= 0.3 is 0 Å². The highest BCUT2D eigenvalue weighted by Crippen LogP contribution is 2.20. The van der Waals surface area contributed by atoms with Crippen LogP contribution in [0.25, 0.3) is 0 Å². The van der Waals surface area contributed by atoms with Crippen molar-refractivity contribution < 1.29 is 18.9 Å². The third-order valence-electron chi connectivity index (χ3n) is 3.35. The fourth-order valence-corrected chi connectivity index (χ4v) is 2.06. The van der Waals surface area contributed by atoms with Gasteiger partial charge in [-0.25, -0.2) is 0 Å². The lowest BCUT2D eigenvalue weighted by molar-refractivity contribution is 0.0617. The molecule has 0 aliphatic carbocycles. The number of hydrogen-bond acceptors (Lipinski definition) is 5. The Bertz CT molecular complexity index is 569. The van der Waals surface area contributed by atoms with E-state index in [4.69, 9.17) is 18.9 Å². The van der Waals surface area contributed by atoms with Crippen molar-refractivity contribution in [3.05, 3.63) is 54.1 Å². The molecule has 0 atom stereocenters. The molecule has 0 bridgehead atoms. The van der Waals surface area contributed by atoms with Gasteiger partial charge in [0.25, 0.3) is 0 Å². The topological polar surface area (TPSA) is 49.0 Å². The minimum atomic E-state index is 0.553. The van der Waals surface area contributed by atoms with Crippen LogP contribution in [0.15, 0.2) is 48.5 Å². The average Bonchev–Trinajstić information content (AvgIpc) is 2.62. The highest BCUT2D eigenvalue weighted by Gasteiger charge is 1.98. The summed E-state index contributed by atoms with van der Waals surface area (Å²) in [5, 5.41) is 3.36. The number of methoxy groups -OCH3 is 2. The van der Waals surface area contributed by atoms with E-state index in [-0.39, 0.29) is 0 Å². The maximum Gasteiger partial charge on any atom is 0.119 e. The van der Waals surface area contributed by atoms with Crippen molar-refractivity contribution in [3.8, 4) is 5.75 Å². The Hall–Kier alpha value is -2.08. The van der Waals surface area contributed by atoms with Crippen LogP contribution in [-0.4, -0.2) is 40.6 Å². The zero-order valence-electron chi connectivity index (χ0n) is 14.3. The summed E-state index contributed by atoms with van der Waals surface area (Å²) < 4.78 is 21.0. The van der Waals surface area contributed by atoms with Gasteiger partial charge in [0.15, 0.2) is 0 Å². The van der Waals surface area contributed by atoms with E-state index in [1.165, 1.54) is 0 Å². The molecule has 0 amide bonds. The van der Waals surface area contributed by atoms with E-state index in [2.05, 4.69) is 17.4 Å². The molecule has 5 nitrogen and oxygen atoms in total. The average molecular weight is 331 g/mol. The van der Waals surface area contributed by atoms with Crippen LogP contribution in [0.4, 0.5) is 11.4 Å². The summed E-state index contributed by atoms with van der Waals surface area (Å²) in [6.07, 6.45) is 0. The maximum absolute atomic E-state index is 5.55. The molecule has 0 radical (unpaired) electrons. The molecule has 5 heteroatoms. The normalized spacial score (nSPS) is 10.6. The van der Waals surface area contributed by atoms with E-state index in [0.717, 1.165) is 22.7 Å². The molecule has 130 valence electrons. The summed E-state index contributed by atoms with van der Waals surface area (Å²) in [6, 6.07) is 16.0. The predicted octanol–water partition coefficient (Wildman–Crippen LogP) is 3.62. The third-order valence-corrected chi connectivity index (χ3v) is 3.35. The van der Waals surface area contributed by atoms with E-state index >= 15 is 0 Å². The SMILES string of the molecule is COCCOCc1ccc(Nc2ccc(OCCOC)cc2)cc1. The number of hydrogen-bond donors (Lipinski definition) is 1. The van der Waals surface area contributed by atoms with Crippen molar-refractivity contribution in [2.45, 2.75) is 6.61 Å². The second-order valence-corrected chi connectivity index (χ2v) is 5.23. The number of anilines is 2. The minimum Gasteiger partial charge on any atom is -0.491 e. The first-order chi connectivity index (χ1) is 11.8. The van der Waals surface area contributed by atoms with Gasteiger partial charge in [-0.15, -0.1) is 0 Å². The summed E-state index contributed by atoms with van der Waals surface area (Å²) >= 11 is 0. The molecule has 0 aliphatic heterocycles. The molecular formula is C19H25NO4. The number of rotatable bonds is 11. The summed E-state index contributed by atoms with van der Waals surface area (Å²) in [5.74, 6) is 0.834. The van der Waals surface area contributed by atoms with Crippen molar-refractivity contribution in [1.29, 1.82) is 0 Å². The van der Waals surface area contributed by atoms with Crippen LogP contribution in [0, 0.1) is 0 Å². The van der Waals surface area contributed by atoms with Crippen molar-refractivity contribution >= 4 is 11.4 Å². The molecule has 1 N–H and O–H groups in total. The number of ether oxygens (including phenoxy) is 4. The van der Waals surface area contributed by atoms with Gasteiger partial charge in [-0.3, -0.25) is 0 Å². The molecule has 0 saturated heterocycles. The van der Waals surface area contributed by atoms with Gasteiger partial charge in [0.2, 0.25) is 0 Å². The lowest BCUT2D eigenvalue weighted by atomic mass is 10.2. The van der Waals surface area contributed by atoms with Gasteiger partial charge in [0, 0.05) is 25.6 Å². The van der Waals surface area contributed by atoms with Crippen LogP contribution in [0.1, 0.15) is 5.56 Å². The molecule has 2 aromatic rings. The minimum absolute atomic E-state index is 0.553. The molecule has 0 unspecified atom stereocenters. The van der Waals surface area contributed by atoms with Gasteiger partial charge in [0.1, 0.15) is 12.4 Å². The Morgan fingerprint density at radius 1 is 0.708 bits per heavy atom. The molecular weight excluding hydrogens is 306 g/mol. The molecule has 0 spiro atoms. The fraction of sp³-hybridized carbons (Fsp3) is 0.368.